The number of aromatic nitrogens is 2. The van der Waals surface area contributed by atoms with Gasteiger partial charge in [0, 0.05) is 12.7 Å². The van der Waals surface area contributed by atoms with E-state index >= 15 is 0 Å². The first-order chi connectivity index (χ1) is 9.19. The van der Waals surface area contributed by atoms with Crippen molar-refractivity contribution in [1.29, 1.82) is 0 Å². The van der Waals surface area contributed by atoms with Gasteiger partial charge in [0.2, 0.25) is 0 Å². The second-order valence-electron chi connectivity index (χ2n) is 4.70. The Hall–Kier alpha value is -1.94. The van der Waals surface area contributed by atoms with E-state index in [0.717, 1.165) is 10.5 Å². The summed E-state index contributed by atoms with van der Waals surface area (Å²) >= 11 is 0. The van der Waals surface area contributed by atoms with Gasteiger partial charge in [-0.2, -0.15) is 4.31 Å². The van der Waals surface area contributed by atoms with Gasteiger partial charge in [-0.15, -0.1) is 0 Å². The van der Waals surface area contributed by atoms with Crippen LogP contribution >= 0.6 is 0 Å². The summed E-state index contributed by atoms with van der Waals surface area (Å²) in [7, 11) is -4.30. The molecular formula is C10H13N3O6S. The Kier molecular flexibility index (Phi) is 3.30. The van der Waals surface area contributed by atoms with Crippen LogP contribution < -0.4 is 11.2 Å². The van der Waals surface area contributed by atoms with E-state index in [4.69, 9.17) is 0 Å². The van der Waals surface area contributed by atoms with Gasteiger partial charge in [-0.1, -0.05) is 0 Å². The number of carboxylic acids is 1. The number of hydrogen-bond acceptors (Lipinski definition) is 5. The fraction of sp³-hybridized carbons (Fsp3) is 0.500. The minimum Gasteiger partial charge on any atom is -0.480 e. The van der Waals surface area contributed by atoms with Gasteiger partial charge < -0.3 is 10.1 Å². The minimum atomic E-state index is -4.30. The zero-order chi connectivity index (χ0) is 15.1. The van der Waals surface area contributed by atoms with Gasteiger partial charge in [-0.3, -0.25) is 14.6 Å². The predicted octanol–water partition coefficient (Wildman–Crippen LogP) is -1.31. The van der Waals surface area contributed by atoms with Crippen LogP contribution in [0.3, 0.4) is 0 Å². The molecule has 0 amide bonds. The van der Waals surface area contributed by atoms with Crippen LogP contribution in [-0.2, 0) is 14.8 Å². The number of sulfonamides is 1. The third-order valence-corrected chi connectivity index (χ3v) is 5.41. The van der Waals surface area contributed by atoms with Crippen molar-refractivity contribution in [3.63, 3.8) is 0 Å². The standard InChI is InChI=1S/C10H13N3O6S/c1-10(8(15)16)3-2-4-13(10)20(18,19)6-5-11-9(17)12-7(6)14/h5H,2-4H2,1H3,(H,15,16)(H2,11,12,14,17). The molecule has 1 fully saturated rings. The first kappa shape index (κ1) is 14.5. The molecule has 1 aliphatic heterocycles. The van der Waals surface area contributed by atoms with E-state index in [-0.39, 0.29) is 13.0 Å². The number of H-pyrrole nitrogens is 2. The quantitative estimate of drug-likeness (QED) is 0.633. The third kappa shape index (κ3) is 2.06. The monoisotopic (exact) mass is 303 g/mol. The number of aliphatic carboxylic acids is 1. The molecule has 1 aliphatic rings. The molecule has 0 aromatic carbocycles. The Morgan fingerprint density at radius 3 is 2.65 bits per heavy atom. The predicted molar refractivity (Wildman–Crippen MR) is 66.9 cm³/mol. The van der Waals surface area contributed by atoms with Crippen LogP contribution in [0.15, 0.2) is 20.7 Å². The lowest BCUT2D eigenvalue weighted by Gasteiger charge is -2.29. The fourth-order valence-electron chi connectivity index (χ4n) is 2.25. The van der Waals surface area contributed by atoms with Gasteiger partial charge in [-0.05, 0) is 19.8 Å². The second-order valence-corrected chi connectivity index (χ2v) is 6.53. The molecule has 0 spiro atoms. The molecule has 1 aromatic rings. The summed E-state index contributed by atoms with van der Waals surface area (Å²) in [5, 5.41) is 9.22. The Morgan fingerprint density at radius 1 is 1.45 bits per heavy atom. The summed E-state index contributed by atoms with van der Waals surface area (Å²) in [4.78, 5) is 37.0. The highest BCUT2D eigenvalue weighted by molar-refractivity contribution is 7.89. The van der Waals surface area contributed by atoms with E-state index < -0.39 is 37.7 Å². The van der Waals surface area contributed by atoms with E-state index in [9.17, 15) is 27.9 Å². The summed E-state index contributed by atoms with van der Waals surface area (Å²) in [5.41, 5.74) is -3.51. The summed E-state index contributed by atoms with van der Waals surface area (Å²) in [6.07, 6.45) is 1.31. The van der Waals surface area contributed by atoms with Gasteiger partial charge in [-0.25, -0.2) is 13.2 Å². The minimum absolute atomic E-state index is 0.00367. The molecule has 10 heteroatoms. The molecule has 110 valence electrons. The molecule has 2 heterocycles. The maximum atomic E-state index is 12.4. The van der Waals surface area contributed by atoms with Crippen molar-refractivity contribution < 1.29 is 18.3 Å². The smallest absolute Gasteiger partial charge is 0.325 e. The first-order valence-electron chi connectivity index (χ1n) is 5.78. The van der Waals surface area contributed by atoms with Crippen LogP contribution in [0.4, 0.5) is 0 Å². The number of aromatic amines is 2. The molecule has 1 unspecified atom stereocenters. The average Bonchev–Trinajstić information content (AvgIpc) is 2.73. The van der Waals surface area contributed by atoms with Crippen LogP contribution in [0.2, 0.25) is 0 Å². The summed E-state index contributed by atoms with van der Waals surface area (Å²) < 4.78 is 25.6. The Labute approximate surface area is 113 Å². The van der Waals surface area contributed by atoms with E-state index in [1.165, 1.54) is 6.92 Å². The molecule has 0 aliphatic carbocycles. The van der Waals surface area contributed by atoms with E-state index in [0.29, 0.717) is 6.42 Å². The van der Waals surface area contributed by atoms with Gasteiger partial charge in [0.15, 0.2) is 4.90 Å². The Morgan fingerprint density at radius 2 is 2.10 bits per heavy atom. The van der Waals surface area contributed by atoms with Crippen molar-refractivity contribution in [3.05, 3.63) is 27.0 Å². The highest BCUT2D eigenvalue weighted by atomic mass is 32.2. The van der Waals surface area contributed by atoms with Crippen LogP contribution in [-0.4, -0.2) is 45.9 Å². The highest BCUT2D eigenvalue weighted by Crippen LogP contribution is 2.33. The maximum absolute atomic E-state index is 12.4. The zero-order valence-electron chi connectivity index (χ0n) is 10.5. The number of nitrogens with zero attached hydrogens (tertiary/aromatic N) is 1. The van der Waals surface area contributed by atoms with Crippen LogP contribution in [0.1, 0.15) is 19.8 Å². The lowest BCUT2D eigenvalue weighted by molar-refractivity contribution is -0.146. The lowest BCUT2D eigenvalue weighted by Crippen LogP contribution is -2.51. The van der Waals surface area contributed by atoms with Crippen LogP contribution in [0.5, 0.6) is 0 Å². The van der Waals surface area contributed by atoms with Crippen molar-refractivity contribution in [3.8, 4) is 0 Å². The summed E-state index contributed by atoms with van der Waals surface area (Å²) in [6.45, 7) is 1.30. The van der Waals surface area contributed by atoms with Gasteiger partial charge in [0.25, 0.3) is 15.6 Å². The molecular weight excluding hydrogens is 290 g/mol. The molecule has 1 saturated heterocycles. The molecule has 1 aromatic heterocycles. The number of carboxylic acid groups (broad SMARTS) is 1. The molecule has 0 saturated carbocycles. The Bertz CT molecular complexity index is 764. The van der Waals surface area contributed by atoms with Crippen LogP contribution in [0, 0.1) is 0 Å². The molecule has 2 rings (SSSR count). The topological polar surface area (TPSA) is 140 Å². The third-order valence-electron chi connectivity index (χ3n) is 3.39. The SMILES string of the molecule is CC1(C(=O)O)CCCN1S(=O)(=O)c1c[nH]c(=O)[nH]c1=O. The fourth-order valence-corrected chi connectivity index (χ4v) is 4.05. The van der Waals surface area contributed by atoms with Crippen molar-refractivity contribution in [2.45, 2.75) is 30.2 Å². The highest BCUT2D eigenvalue weighted by Gasteiger charge is 2.50. The van der Waals surface area contributed by atoms with Gasteiger partial charge >= 0.3 is 11.7 Å². The number of carbonyl (C=O) groups is 1. The van der Waals surface area contributed by atoms with Gasteiger partial charge in [0.1, 0.15) is 5.54 Å². The first-order valence-corrected chi connectivity index (χ1v) is 7.22. The number of rotatable bonds is 3. The molecule has 20 heavy (non-hydrogen) atoms. The van der Waals surface area contributed by atoms with Gasteiger partial charge in [0.05, 0.1) is 0 Å². The normalized spacial score (nSPS) is 23.9. The molecule has 9 nitrogen and oxygen atoms in total. The Balaban J connectivity index is 2.58. The van der Waals surface area contributed by atoms with E-state index in [1.54, 1.807) is 4.98 Å². The zero-order valence-corrected chi connectivity index (χ0v) is 11.4. The average molecular weight is 303 g/mol. The van der Waals surface area contributed by atoms with Crippen molar-refractivity contribution in [1.82, 2.24) is 14.3 Å². The van der Waals surface area contributed by atoms with Crippen molar-refractivity contribution >= 4 is 16.0 Å². The van der Waals surface area contributed by atoms with Crippen LogP contribution in [0.25, 0.3) is 0 Å². The molecule has 3 N–H and O–H groups in total. The van der Waals surface area contributed by atoms with E-state index in [1.807, 2.05) is 0 Å². The number of hydrogen-bond donors (Lipinski definition) is 3. The molecule has 0 radical (unpaired) electrons. The molecule has 0 bridgehead atoms. The maximum Gasteiger partial charge on any atom is 0.325 e. The second kappa shape index (κ2) is 4.56. The summed E-state index contributed by atoms with van der Waals surface area (Å²) in [6, 6.07) is 0. The summed E-state index contributed by atoms with van der Waals surface area (Å²) in [5.74, 6) is -1.28. The van der Waals surface area contributed by atoms with Crippen molar-refractivity contribution in [2.75, 3.05) is 6.54 Å². The van der Waals surface area contributed by atoms with Crippen molar-refractivity contribution in [2.24, 2.45) is 0 Å². The lowest BCUT2D eigenvalue weighted by atomic mass is 10.0. The van der Waals surface area contributed by atoms with E-state index in [2.05, 4.69) is 4.98 Å². The largest absolute Gasteiger partial charge is 0.480 e. The number of nitrogens with one attached hydrogen (secondary N) is 2. The molecule has 1 atom stereocenters.